The van der Waals surface area contributed by atoms with Gasteiger partial charge in [0.05, 0.1) is 12.1 Å². The van der Waals surface area contributed by atoms with E-state index >= 15 is 0 Å². The molecule has 5 rings (SSSR count). The van der Waals surface area contributed by atoms with Gasteiger partial charge in [0.25, 0.3) is 5.91 Å². The fraction of sp³-hybridized carbons (Fsp3) is 0.529. The molecule has 45 heavy (non-hydrogen) atoms. The number of nitrogens with zero attached hydrogens (tertiary/aromatic N) is 4. The number of piperazine rings is 2. The molecule has 3 saturated heterocycles. The van der Waals surface area contributed by atoms with Crippen LogP contribution in [0.3, 0.4) is 0 Å². The Morgan fingerprint density at radius 3 is 2.09 bits per heavy atom. The molecule has 0 aliphatic carbocycles. The van der Waals surface area contributed by atoms with Crippen molar-refractivity contribution in [2.24, 2.45) is 11.7 Å². The highest BCUT2D eigenvalue weighted by atomic mass is 19.1. The van der Waals surface area contributed by atoms with E-state index in [0.717, 1.165) is 51.7 Å². The zero-order chi connectivity index (χ0) is 32.3. The molecule has 11 heteroatoms. The number of primary amides is 1. The van der Waals surface area contributed by atoms with Crippen LogP contribution in [0.4, 0.5) is 4.39 Å². The summed E-state index contributed by atoms with van der Waals surface area (Å²) in [4.78, 5) is 46.2. The Bertz CT molecular complexity index is 1330. The second kappa shape index (κ2) is 16.6. The van der Waals surface area contributed by atoms with Crippen LogP contribution >= 0.6 is 0 Å². The molecule has 3 fully saturated rings. The highest BCUT2D eigenvalue weighted by molar-refractivity contribution is 6.09. The molecule has 0 saturated carbocycles. The summed E-state index contributed by atoms with van der Waals surface area (Å²) in [5, 5.41) is 11.9. The zero-order valence-electron chi connectivity index (χ0n) is 26.7. The van der Waals surface area contributed by atoms with E-state index in [2.05, 4.69) is 15.1 Å². The van der Waals surface area contributed by atoms with Crippen LogP contribution in [0.5, 0.6) is 0 Å². The minimum Gasteiger partial charge on any atom is -0.366 e. The number of carbonyl (C=O) groups is 3. The molecule has 3 amide bonds. The van der Waals surface area contributed by atoms with Gasteiger partial charge in [-0.05, 0) is 55.6 Å². The fourth-order valence-corrected chi connectivity index (χ4v) is 6.29. The smallest absolute Gasteiger partial charge is 0.256 e. The predicted molar refractivity (Wildman–Crippen MR) is 174 cm³/mol. The van der Waals surface area contributed by atoms with E-state index in [0.29, 0.717) is 43.9 Å². The summed E-state index contributed by atoms with van der Waals surface area (Å²) in [5.74, 6) is -0.847. The Hall–Kier alpha value is -3.67. The molecule has 2 aromatic rings. The number of nitrogens with two attached hydrogens (primary N) is 1. The maximum atomic E-state index is 14.8. The van der Waals surface area contributed by atoms with E-state index in [9.17, 15) is 18.8 Å². The number of rotatable bonds is 9. The van der Waals surface area contributed by atoms with E-state index in [1.54, 1.807) is 34.1 Å². The van der Waals surface area contributed by atoms with Crippen LogP contribution in [-0.2, 0) is 11.2 Å². The molecule has 0 unspecified atom stereocenters. The first-order valence-corrected chi connectivity index (χ1v) is 16.3. The lowest BCUT2D eigenvalue weighted by Crippen LogP contribution is -2.55. The van der Waals surface area contributed by atoms with Crippen LogP contribution in [0.1, 0.15) is 58.5 Å². The minimum absolute atomic E-state index is 0.0596. The summed E-state index contributed by atoms with van der Waals surface area (Å²) < 4.78 is 14.8. The summed E-state index contributed by atoms with van der Waals surface area (Å²) in [5.41, 5.74) is 6.78. The predicted octanol–water partition coefficient (Wildman–Crippen LogP) is 2.46. The fourth-order valence-electron chi connectivity index (χ4n) is 6.29. The van der Waals surface area contributed by atoms with Gasteiger partial charge in [0, 0.05) is 82.2 Å². The Kier molecular flexibility index (Phi) is 12.6. The summed E-state index contributed by atoms with van der Waals surface area (Å²) in [6, 6.07) is 10.9. The van der Waals surface area contributed by atoms with Crippen LogP contribution < -0.4 is 11.1 Å². The average molecular weight is 622 g/mol. The van der Waals surface area contributed by atoms with Crippen molar-refractivity contribution in [2.45, 2.75) is 33.1 Å². The summed E-state index contributed by atoms with van der Waals surface area (Å²) in [7, 11) is 0. The summed E-state index contributed by atoms with van der Waals surface area (Å²) >= 11 is 0. The highest BCUT2D eigenvalue weighted by Crippen LogP contribution is 2.19. The van der Waals surface area contributed by atoms with E-state index in [1.807, 2.05) is 13.8 Å². The number of halogens is 1. The molecule has 244 valence electrons. The molecule has 3 aliphatic rings. The molecule has 0 spiro atoms. The van der Waals surface area contributed by atoms with Gasteiger partial charge in [-0.15, -0.1) is 0 Å². The molecule has 2 aromatic carbocycles. The topological polar surface area (TPSA) is 126 Å². The van der Waals surface area contributed by atoms with E-state index in [-0.39, 0.29) is 29.2 Å². The van der Waals surface area contributed by atoms with Crippen molar-refractivity contribution in [1.29, 1.82) is 5.41 Å². The van der Waals surface area contributed by atoms with E-state index in [4.69, 9.17) is 11.1 Å². The average Bonchev–Trinajstić information content (AvgIpc) is 3.07. The van der Waals surface area contributed by atoms with Crippen LogP contribution in [-0.4, -0.2) is 122 Å². The lowest BCUT2D eigenvalue weighted by atomic mass is 9.96. The van der Waals surface area contributed by atoms with Crippen molar-refractivity contribution < 1.29 is 18.8 Å². The third-order valence-corrected chi connectivity index (χ3v) is 8.88. The standard InChI is InChI=1S/C32H42FN7O3.C2H6/c33-28-6-5-24(20-29(34)25-3-1-2-4-26(25)31(35)42)19-27(28)32(43)40-17-15-39(16-18-40)30(41)22-38-13-11-37(12-14-38)21-23-7-9-36-10-8-23;1-2/h1-6,19,23,34,36H,7-18,20-22H2,(H2,35,42);1-2H3. The first-order valence-electron chi connectivity index (χ1n) is 16.3. The maximum Gasteiger partial charge on any atom is 0.256 e. The molecule has 0 aromatic heterocycles. The number of nitrogens with one attached hydrogen (secondary N) is 2. The quantitative estimate of drug-likeness (QED) is 0.370. The first-order chi connectivity index (χ1) is 21.8. The second-order valence-electron chi connectivity index (χ2n) is 11.8. The van der Waals surface area contributed by atoms with Gasteiger partial charge in [0.1, 0.15) is 5.82 Å². The lowest BCUT2D eigenvalue weighted by molar-refractivity contribution is -0.134. The van der Waals surface area contributed by atoms with Gasteiger partial charge in [0.2, 0.25) is 11.8 Å². The van der Waals surface area contributed by atoms with Crippen molar-refractivity contribution in [3.05, 3.63) is 70.5 Å². The van der Waals surface area contributed by atoms with E-state index in [1.165, 1.54) is 31.0 Å². The third kappa shape index (κ3) is 9.18. The van der Waals surface area contributed by atoms with Gasteiger partial charge in [-0.2, -0.15) is 0 Å². The van der Waals surface area contributed by atoms with Crippen molar-refractivity contribution in [2.75, 3.05) is 78.5 Å². The Balaban J connectivity index is 0.00000226. The Morgan fingerprint density at radius 1 is 0.844 bits per heavy atom. The van der Waals surface area contributed by atoms with E-state index < -0.39 is 17.6 Å². The van der Waals surface area contributed by atoms with Crippen molar-refractivity contribution in [3.63, 3.8) is 0 Å². The normalized spacial score (nSPS) is 18.2. The van der Waals surface area contributed by atoms with Gasteiger partial charge >= 0.3 is 0 Å². The molecule has 10 nitrogen and oxygen atoms in total. The number of carbonyl (C=O) groups excluding carboxylic acids is 3. The third-order valence-electron chi connectivity index (χ3n) is 8.88. The molecule has 0 radical (unpaired) electrons. The molecule has 0 bridgehead atoms. The van der Waals surface area contributed by atoms with Crippen molar-refractivity contribution in [1.82, 2.24) is 24.9 Å². The monoisotopic (exact) mass is 621 g/mol. The SMILES string of the molecule is CC.N=C(Cc1ccc(F)c(C(=O)N2CCN(C(=O)CN3CCN(CC4CCNCC4)CC3)CC2)c1)c1ccccc1C(N)=O. The molecule has 3 aliphatic heterocycles. The van der Waals surface area contributed by atoms with Gasteiger partial charge < -0.3 is 31.2 Å². The Labute approximate surface area is 266 Å². The lowest BCUT2D eigenvalue weighted by Gasteiger charge is -2.39. The molecule has 0 atom stereocenters. The number of benzene rings is 2. The molecular formula is C34H48FN7O3. The first kappa shape index (κ1) is 34.2. The number of hydrogen-bond acceptors (Lipinski definition) is 7. The second-order valence-corrected chi connectivity index (χ2v) is 11.8. The van der Waals surface area contributed by atoms with Gasteiger partial charge in [-0.3, -0.25) is 19.3 Å². The number of hydrogen-bond donors (Lipinski definition) is 3. The summed E-state index contributed by atoms with van der Waals surface area (Å²) in [6.45, 7) is 13.0. The van der Waals surface area contributed by atoms with Crippen LogP contribution in [0.25, 0.3) is 0 Å². The molecule has 4 N–H and O–H groups in total. The van der Waals surface area contributed by atoms with Crippen LogP contribution in [0, 0.1) is 17.1 Å². The number of piperidine rings is 1. The van der Waals surface area contributed by atoms with Gasteiger partial charge in [-0.1, -0.05) is 38.1 Å². The minimum atomic E-state index is -0.629. The van der Waals surface area contributed by atoms with Gasteiger partial charge in [0.15, 0.2) is 0 Å². The van der Waals surface area contributed by atoms with Crippen molar-refractivity contribution in [3.8, 4) is 0 Å². The van der Waals surface area contributed by atoms with Crippen LogP contribution in [0.15, 0.2) is 42.5 Å². The molecule has 3 heterocycles. The van der Waals surface area contributed by atoms with Crippen LogP contribution in [0.2, 0.25) is 0 Å². The zero-order valence-corrected chi connectivity index (χ0v) is 26.7. The molecular weight excluding hydrogens is 573 g/mol. The number of amides is 3. The van der Waals surface area contributed by atoms with Gasteiger partial charge in [-0.25, -0.2) is 4.39 Å². The highest BCUT2D eigenvalue weighted by Gasteiger charge is 2.29. The largest absolute Gasteiger partial charge is 0.366 e. The summed E-state index contributed by atoms with van der Waals surface area (Å²) in [6.07, 6.45) is 2.59. The Morgan fingerprint density at radius 2 is 1.44 bits per heavy atom. The maximum absolute atomic E-state index is 14.8. The van der Waals surface area contributed by atoms with Crippen molar-refractivity contribution >= 4 is 23.4 Å².